The fraction of sp³-hybridized carbons (Fsp3) is 0.419. The van der Waals surface area contributed by atoms with Crippen molar-refractivity contribution in [1.29, 1.82) is 0 Å². The van der Waals surface area contributed by atoms with Gasteiger partial charge in [0.05, 0.1) is 4.88 Å². The summed E-state index contributed by atoms with van der Waals surface area (Å²) in [4.78, 5) is 59.2. The number of rotatable bonds is 6. The van der Waals surface area contributed by atoms with Crippen molar-refractivity contribution in [3.63, 3.8) is 0 Å². The Kier molecular flexibility index (Phi) is 13.7. The third-order valence-corrected chi connectivity index (χ3v) is 9.44. The molecule has 0 spiro atoms. The van der Waals surface area contributed by atoms with Gasteiger partial charge < -0.3 is 20.0 Å². The van der Waals surface area contributed by atoms with Crippen LogP contribution in [0.2, 0.25) is 0 Å². The average Bonchev–Trinajstić information content (AvgIpc) is 3.69. The van der Waals surface area contributed by atoms with Gasteiger partial charge in [-0.3, -0.25) is 19.2 Å². The quantitative estimate of drug-likeness (QED) is 0.250. The highest BCUT2D eigenvalue weighted by Crippen LogP contribution is 2.40. The zero-order valence-electron chi connectivity index (χ0n) is 25.7. The molecule has 2 fully saturated rings. The Morgan fingerprint density at radius 3 is 2.33 bits per heavy atom. The Morgan fingerprint density at radius 1 is 1.07 bits per heavy atom. The molecule has 2 aliphatic rings. The van der Waals surface area contributed by atoms with Crippen LogP contribution in [-0.2, 0) is 18.9 Å². The van der Waals surface area contributed by atoms with Gasteiger partial charge in [-0.25, -0.2) is 8.78 Å². The second-order valence-electron chi connectivity index (χ2n) is 10.7. The molecule has 10 nitrogen and oxygen atoms in total. The van der Waals surface area contributed by atoms with Crippen LogP contribution >= 0.6 is 19.4 Å². The van der Waals surface area contributed by atoms with Gasteiger partial charge in [-0.15, -0.1) is 11.3 Å². The van der Waals surface area contributed by atoms with E-state index < -0.39 is 20.4 Å². The summed E-state index contributed by atoms with van der Waals surface area (Å²) in [7, 11) is 0.199. The maximum Gasteiger partial charge on any atom is 0.547 e. The van der Waals surface area contributed by atoms with Gasteiger partial charge in [0.15, 0.2) is 0 Å². The van der Waals surface area contributed by atoms with E-state index in [4.69, 9.17) is 4.89 Å². The number of carbonyl (C=O) groups is 4. The fourth-order valence-corrected chi connectivity index (χ4v) is 6.46. The third kappa shape index (κ3) is 9.81. The summed E-state index contributed by atoms with van der Waals surface area (Å²) in [6.07, 6.45) is 1.84. The molecule has 4 amide bonds. The number of hydrogen-bond acceptors (Lipinski definition) is 6. The van der Waals surface area contributed by atoms with Crippen LogP contribution in [-0.4, -0.2) is 78.6 Å². The van der Waals surface area contributed by atoms with Gasteiger partial charge in [0, 0.05) is 74.6 Å². The summed E-state index contributed by atoms with van der Waals surface area (Å²) < 4.78 is 49.1. The first kappa shape index (κ1) is 36.6. The van der Waals surface area contributed by atoms with Crippen molar-refractivity contribution in [2.24, 2.45) is 0 Å². The summed E-state index contributed by atoms with van der Waals surface area (Å²) in [6.45, 7) is 3.91. The van der Waals surface area contributed by atoms with E-state index in [0.717, 1.165) is 37.1 Å². The van der Waals surface area contributed by atoms with Crippen LogP contribution in [0, 0.1) is 0 Å². The molecule has 1 aromatic heterocycles. The highest BCUT2D eigenvalue weighted by Gasteiger charge is 2.32. The molecule has 2 aliphatic heterocycles. The lowest BCUT2D eigenvalue weighted by Crippen LogP contribution is -2.44. The average molecular weight is 682 g/mol. The number of halogens is 3. The monoisotopic (exact) mass is 681 g/mol. The molecule has 3 atom stereocenters. The van der Waals surface area contributed by atoms with Gasteiger partial charge in [-0.2, -0.15) is 9.28 Å². The van der Waals surface area contributed by atoms with Crippen LogP contribution in [0.5, 0.6) is 0 Å². The first-order valence-electron chi connectivity index (χ1n) is 14.5. The number of thiophene rings is 1. The minimum atomic E-state index is -2.89. The zero-order chi connectivity index (χ0) is 34.0. The molecule has 2 saturated heterocycles. The van der Waals surface area contributed by atoms with Crippen LogP contribution in [0.4, 0.5) is 18.9 Å². The van der Waals surface area contributed by atoms with Crippen molar-refractivity contribution in [2.75, 3.05) is 38.6 Å². The van der Waals surface area contributed by atoms with Crippen LogP contribution in [0.1, 0.15) is 65.7 Å². The molecule has 46 heavy (non-hydrogen) atoms. The number of nitrogens with zero attached hydrogens (tertiary/aromatic N) is 3. The summed E-state index contributed by atoms with van der Waals surface area (Å²) in [5.41, 5.74) is 0.704. The summed E-state index contributed by atoms with van der Waals surface area (Å²) in [5.74, 6) is -1.78. The van der Waals surface area contributed by atoms with Gasteiger partial charge >= 0.3 is 13.9 Å². The van der Waals surface area contributed by atoms with Gasteiger partial charge in [-0.1, -0.05) is 18.2 Å². The zero-order valence-corrected chi connectivity index (χ0v) is 27.4. The number of anilines is 1. The van der Waals surface area contributed by atoms with Crippen molar-refractivity contribution in [3.8, 4) is 0 Å². The van der Waals surface area contributed by atoms with E-state index in [1.807, 2.05) is 4.90 Å². The van der Waals surface area contributed by atoms with E-state index in [0.29, 0.717) is 41.4 Å². The lowest BCUT2D eigenvalue weighted by molar-refractivity contribution is -0.136. The summed E-state index contributed by atoms with van der Waals surface area (Å²) in [6, 6.07) is 12.2. The van der Waals surface area contributed by atoms with Crippen molar-refractivity contribution in [2.45, 2.75) is 51.0 Å². The molecule has 3 unspecified atom stereocenters. The predicted molar refractivity (Wildman–Crippen MR) is 171 cm³/mol. The van der Waals surface area contributed by atoms with Crippen molar-refractivity contribution in [1.82, 2.24) is 15.1 Å². The van der Waals surface area contributed by atoms with E-state index >= 15 is 0 Å². The molecule has 15 heteroatoms. The van der Waals surface area contributed by atoms with Crippen LogP contribution in [0.15, 0.2) is 48.5 Å². The van der Waals surface area contributed by atoms with Gasteiger partial charge in [-0.05, 0) is 59.5 Å². The van der Waals surface area contributed by atoms with E-state index in [1.165, 1.54) is 59.7 Å². The minimum Gasteiger partial charge on any atom is -0.354 e. The van der Waals surface area contributed by atoms with Gasteiger partial charge in [0.1, 0.15) is 0 Å². The largest absolute Gasteiger partial charge is 0.547 e. The Hall–Kier alpha value is -3.87. The topological polar surface area (TPSA) is 127 Å². The second-order valence-corrected chi connectivity index (χ2v) is 12.8. The molecule has 2 aromatic carbocycles. The van der Waals surface area contributed by atoms with E-state index in [2.05, 4.69) is 5.32 Å². The molecule has 248 valence electrons. The number of hydrogen-bond donors (Lipinski definition) is 2. The van der Waals surface area contributed by atoms with Crippen LogP contribution < -0.4 is 10.2 Å². The number of carbonyl (C=O) groups excluding carboxylic acids is 4. The highest BCUT2D eigenvalue weighted by atomic mass is 32.1. The molecule has 0 aliphatic carbocycles. The van der Waals surface area contributed by atoms with Crippen LogP contribution in [0.3, 0.4) is 0 Å². The fourth-order valence-electron chi connectivity index (χ4n) is 5.06. The minimum absolute atomic E-state index is 0.0388. The van der Waals surface area contributed by atoms with Crippen molar-refractivity contribution >= 4 is 59.3 Å². The van der Waals surface area contributed by atoms with E-state index in [-0.39, 0.29) is 28.8 Å². The van der Waals surface area contributed by atoms with E-state index in [9.17, 15) is 36.9 Å². The van der Waals surface area contributed by atoms with Crippen LogP contribution in [0.25, 0.3) is 10.1 Å². The molecular weight excluding hydrogens is 644 g/mol. The molecular formula is C31H37F3N4O6PS+. The Balaban J connectivity index is 0.000000191. The van der Waals surface area contributed by atoms with E-state index in [1.54, 1.807) is 31.0 Å². The Bertz CT molecular complexity index is 1540. The first-order chi connectivity index (χ1) is 21.9. The normalized spacial score (nSPS) is 17.0. The maximum atomic E-state index is 13.4. The van der Waals surface area contributed by atoms with Crippen molar-refractivity contribution in [3.05, 3.63) is 64.5 Å². The Labute approximate surface area is 270 Å². The lowest BCUT2D eigenvalue weighted by atomic mass is 10.1. The van der Waals surface area contributed by atoms with Gasteiger partial charge in [0.25, 0.3) is 12.3 Å². The maximum absolute atomic E-state index is 13.4. The first-order valence-corrected chi connectivity index (χ1v) is 16.6. The van der Waals surface area contributed by atoms with Gasteiger partial charge in [0.2, 0.25) is 18.2 Å². The summed E-state index contributed by atoms with van der Waals surface area (Å²) in [5, 5.41) is 3.20. The molecule has 0 saturated carbocycles. The highest BCUT2D eigenvalue weighted by molar-refractivity contribution is 7.38. The molecule has 3 aromatic rings. The number of nitrogens with one attached hydrogen (secondary N) is 1. The smallest absolute Gasteiger partial charge is 0.354 e. The number of alkyl halides is 3. The SMILES string of the molecule is CC(=O)N1CCC(=O)N2CCCC2CC1.CN(C=O)c1ccc(C(F)F)cc1.CNC(=O)c1cc2cc(C(F)[P+](=O)O)ccc2s1. The Morgan fingerprint density at radius 2 is 1.74 bits per heavy atom. The third-order valence-electron chi connectivity index (χ3n) is 7.64. The number of fused-ring (bicyclic) bond motifs is 2. The number of benzene rings is 2. The molecule has 0 bridgehead atoms. The molecule has 2 N–H and O–H groups in total. The second kappa shape index (κ2) is 17.2. The van der Waals surface area contributed by atoms with Crippen molar-refractivity contribution < 1.29 is 41.8 Å². The lowest BCUT2D eigenvalue weighted by Gasteiger charge is -2.31. The standard InChI is InChI=1S/C11H9FNO3PS.C11H18N2O2.C9H9F2NO/c1-13-11(14)9-5-7-4-6(10(12)17(15)16)2-3-8(7)18-9;1-9(14)12-7-4-10-3-2-6-13(10)11(15)5-8-12;1-12(6-13)8-4-2-7(3-5-8)9(10)11/h2-5,10H,1H3,(H-,13,14,15,16);10H,2-8H2,1H3;2-6,9H,1H3/p+1. The summed E-state index contributed by atoms with van der Waals surface area (Å²) >= 11 is 1.29. The molecule has 5 rings (SSSR count). The number of amides is 4. The molecule has 0 radical (unpaired) electrons. The predicted octanol–water partition coefficient (Wildman–Crippen LogP) is 5.80. The molecule has 3 heterocycles.